The zero-order chi connectivity index (χ0) is 17.5. The lowest BCUT2D eigenvalue weighted by Crippen LogP contribution is -2.23. The molecule has 2 rings (SSSR count). The van der Waals surface area contributed by atoms with E-state index in [0.717, 1.165) is 5.56 Å². The largest absolute Gasteiger partial charge is 0.504 e. The lowest BCUT2D eigenvalue weighted by molar-refractivity contribution is -0.117. The van der Waals surface area contributed by atoms with Crippen molar-refractivity contribution in [2.24, 2.45) is 0 Å². The normalized spacial score (nSPS) is 10.8. The maximum absolute atomic E-state index is 12.2. The van der Waals surface area contributed by atoms with Crippen molar-refractivity contribution in [1.82, 2.24) is 5.32 Å². The van der Waals surface area contributed by atoms with Crippen molar-refractivity contribution >= 4 is 23.6 Å². The molecule has 6 heteroatoms. The fraction of sp³-hybridized carbons (Fsp3) is 0.111. The molecule has 2 aromatic rings. The molecule has 0 aromatic heterocycles. The van der Waals surface area contributed by atoms with Crippen LogP contribution in [0.2, 0.25) is 5.02 Å². The Hall–Kier alpha value is -2.97. The first-order valence-corrected chi connectivity index (χ1v) is 7.43. The van der Waals surface area contributed by atoms with Crippen molar-refractivity contribution in [3.8, 4) is 17.6 Å². The number of nitriles is 1. The van der Waals surface area contributed by atoms with Crippen molar-refractivity contribution < 1.29 is 14.6 Å². The molecule has 0 fully saturated rings. The van der Waals surface area contributed by atoms with Gasteiger partial charge < -0.3 is 15.2 Å². The molecule has 0 bridgehead atoms. The molecular weight excluding hydrogens is 328 g/mol. The summed E-state index contributed by atoms with van der Waals surface area (Å²) < 4.78 is 5.00. The summed E-state index contributed by atoms with van der Waals surface area (Å²) in [4.78, 5) is 12.2. The minimum absolute atomic E-state index is 0.148. The van der Waals surface area contributed by atoms with Crippen molar-refractivity contribution in [3.63, 3.8) is 0 Å². The molecule has 0 spiro atoms. The van der Waals surface area contributed by atoms with Crippen LogP contribution in [0.25, 0.3) is 6.08 Å². The average molecular weight is 343 g/mol. The second kappa shape index (κ2) is 8.04. The molecule has 2 N–H and O–H groups in total. The molecule has 0 aliphatic heterocycles. The molecular formula is C18H15ClN2O3. The van der Waals surface area contributed by atoms with E-state index in [2.05, 4.69) is 5.32 Å². The predicted molar refractivity (Wildman–Crippen MR) is 91.5 cm³/mol. The smallest absolute Gasteiger partial charge is 0.262 e. The van der Waals surface area contributed by atoms with Gasteiger partial charge in [-0.05, 0) is 17.7 Å². The third kappa shape index (κ3) is 4.28. The van der Waals surface area contributed by atoms with Gasteiger partial charge in [0, 0.05) is 23.2 Å². The van der Waals surface area contributed by atoms with E-state index in [1.807, 2.05) is 36.4 Å². The van der Waals surface area contributed by atoms with Gasteiger partial charge in [0.15, 0.2) is 11.5 Å². The average Bonchev–Trinajstić information content (AvgIpc) is 2.60. The topological polar surface area (TPSA) is 82.3 Å². The minimum Gasteiger partial charge on any atom is -0.504 e. The molecule has 0 saturated carbocycles. The van der Waals surface area contributed by atoms with Crippen LogP contribution in [0.3, 0.4) is 0 Å². The zero-order valence-electron chi connectivity index (χ0n) is 12.9. The summed E-state index contributed by atoms with van der Waals surface area (Å²) in [5.74, 6) is -0.569. The maximum Gasteiger partial charge on any atom is 0.262 e. The van der Waals surface area contributed by atoms with Gasteiger partial charge in [0.2, 0.25) is 0 Å². The Balaban J connectivity index is 2.22. The lowest BCUT2D eigenvalue weighted by Gasteiger charge is -2.08. The molecule has 0 saturated heterocycles. The Morgan fingerprint density at radius 3 is 2.71 bits per heavy atom. The molecule has 5 nitrogen and oxygen atoms in total. The summed E-state index contributed by atoms with van der Waals surface area (Å²) >= 11 is 5.94. The Morgan fingerprint density at radius 2 is 2.08 bits per heavy atom. The van der Waals surface area contributed by atoms with Gasteiger partial charge in [-0.1, -0.05) is 41.9 Å². The number of carbonyl (C=O) groups is 1. The van der Waals surface area contributed by atoms with Crippen molar-refractivity contribution in [3.05, 3.63) is 64.2 Å². The van der Waals surface area contributed by atoms with Crippen LogP contribution in [-0.4, -0.2) is 18.1 Å². The monoisotopic (exact) mass is 342 g/mol. The zero-order valence-corrected chi connectivity index (χ0v) is 13.7. The van der Waals surface area contributed by atoms with Gasteiger partial charge in [0.05, 0.1) is 7.11 Å². The third-order valence-electron chi connectivity index (χ3n) is 3.25. The number of rotatable bonds is 5. The molecule has 2 aromatic carbocycles. The number of nitrogens with zero attached hydrogens (tertiary/aromatic N) is 1. The van der Waals surface area contributed by atoms with Crippen molar-refractivity contribution in [2.45, 2.75) is 6.54 Å². The SMILES string of the molecule is COc1cc(Cl)cc(/C=C(/C#N)C(=O)NCc2ccccc2)c1O. The third-order valence-corrected chi connectivity index (χ3v) is 3.47. The van der Waals surface area contributed by atoms with E-state index in [9.17, 15) is 15.2 Å². The lowest BCUT2D eigenvalue weighted by atomic mass is 10.1. The van der Waals surface area contributed by atoms with Crippen LogP contribution in [0.15, 0.2) is 48.0 Å². The summed E-state index contributed by atoms with van der Waals surface area (Å²) in [5.41, 5.74) is 0.992. The van der Waals surface area contributed by atoms with E-state index in [-0.39, 0.29) is 22.6 Å². The van der Waals surface area contributed by atoms with Crippen molar-refractivity contribution in [1.29, 1.82) is 5.26 Å². The fourth-order valence-corrected chi connectivity index (χ4v) is 2.25. The number of methoxy groups -OCH3 is 1. The number of hydrogen-bond donors (Lipinski definition) is 2. The molecule has 0 aliphatic carbocycles. The quantitative estimate of drug-likeness (QED) is 0.645. The van der Waals surface area contributed by atoms with E-state index in [1.165, 1.54) is 25.3 Å². The number of phenols is 1. The molecule has 0 aliphatic rings. The number of amides is 1. The van der Waals surface area contributed by atoms with Crippen LogP contribution in [-0.2, 0) is 11.3 Å². The highest BCUT2D eigenvalue weighted by molar-refractivity contribution is 6.31. The van der Waals surface area contributed by atoms with Gasteiger partial charge in [0.1, 0.15) is 11.6 Å². The molecule has 1 amide bonds. The first kappa shape index (κ1) is 17.4. The van der Waals surface area contributed by atoms with Crippen LogP contribution in [0.5, 0.6) is 11.5 Å². The molecule has 0 atom stereocenters. The Bertz CT molecular complexity index is 811. The first-order chi connectivity index (χ1) is 11.5. The summed E-state index contributed by atoms with van der Waals surface area (Å²) in [7, 11) is 1.39. The van der Waals surface area contributed by atoms with Crippen LogP contribution < -0.4 is 10.1 Å². The molecule has 0 radical (unpaired) electrons. The number of phenolic OH excluding ortho intramolecular Hbond substituents is 1. The summed E-state index contributed by atoms with van der Waals surface area (Å²) in [6, 6.07) is 14.0. The standard InChI is InChI=1S/C18H15ClN2O3/c1-24-16-9-15(19)8-13(17(16)22)7-14(10-20)18(23)21-11-12-5-3-2-4-6-12/h2-9,22H,11H2,1H3,(H,21,23)/b14-7-. The van der Waals surface area contributed by atoms with Gasteiger partial charge in [-0.25, -0.2) is 0 Å². The van der Waals surface area contributed by atoms with E-state index < -0.39 is 5.91 Å². The highest BCUT2D eigenvalue weighted by atomic mass is 35.5. The van der Waals surface area contributed by atoms with Gasteiger partial charge in [0.25, 0.3) is 5.91 Å². The fourth-order valence-electron chi connectivity index (χ4n) is 2.04. The van der Waals surface area contributed by atoms with Crippen LogP contribution in [0.4, 0.5) is 0 Å². The van der Waals surface area contributed by atoms with Crippen LogP contribution >= 0.6 is 11.6 Å². The first-order valence-electron chi connectivity index (χ1n) is 7.05. The molecule has 0 heterocycles. The molecule has 122 valence electrons. The molecule has 0 unspecified atom stereocenters. The summed E-state index contributed by atoms with van der Waals surface area (Å²) in [6.07, 6.45) is 1.27. The summed E-state index contributed by atoms with van der Waals surface area (Å²) in [6.45, 7) is 0.295. The van der Waals surface area contributed by atoms with Crippen LogP contribution in [0, 0.1) is 11.3 Å². The van der Waals surface area contributed by atoms with E-state index >= 15 is 0 Å². The van der Waals surface area contributed by atoms with Gasteiger partial charge >= 0.3 is 0 Å². The molecule has 24 heavy (non-hydrogen) atoms. The van der Waals surface area contributed by atoms with Gasteiger partial charge in [-0.15, -0.1) is 0 Å². The Kier molecular flexibility index (Phi) is 5.83. The second-order valence-corrected chi connectivity index (χ2v) is 5.32. The van der Waals surface area contributed by atoms with Gasteiger partial charge in [-0.2, -0.15) is 5.26 Å². The highest BCUT2D eigenvalue weighted by Gasteiger charge is 2.13. The number of hydrogen-bond acceptors (Lipinski definition) is 4. The number of carbonyl (C=O) groups excluding carboxylic acids is 1. The van der Waals surface area contributed by atoms with Crippen LogP contribution in [0.1, 0.15) is 11.1 Å². The number of ether oxygens (including phenoxy) is 1. The minimum atomic E-state index is -0.542. The Morgan fingerprint density at radius 1 is 1.38 bits per heavy atom. The van der Waals surface area contributed by atoms with Gasteiger partial charge in [-0.3, -0.25) is 4.79 Å². The van der Waals surface area contributed by atoms with E-state index in [1.54, 1.807) is 0 Å². The highest BCUT2D eigenvalue weighted by Crippen LogP contribution is 2.34. The van der Waals surface area contributed by atoms with E-state index in [4.69, 9.17) is 16.3 Å². The number of benzene rings is 2. The number of aromatic hydroxyl groups is 1. The maximum atomic E-state index is 12.2. The number of halogens is 1. The van der Waals surface area contributed by atoms with E-state index in [0.29, 0.717) is 11.6 Å². The van der Waals surface area contributed by atoms with Crippen molar-refractivity contribution in [2.75, 3.05) is 7.11 Å². The Labute approximate surface area is 144 Å². The number of nitrogens with one attached hydrogen (secondary N) is 1. The predicted octanol–water partition coefficient (Wildman–Crippen LogP) is 3.28. The summed E-state index contributed by atoms with van der Waals surface area (Å²) in [5, 5.41) is 22.3. The second-order valence-electron chi connectivity index (χ2n) is 4.88.